The Bertz CT molecular complexity index is 508. The molecule has 2 aliphatic rings. The molecule has 16 heavy (non-hydrogen) atoms. The van der Waals surface area contributed by atoms with Crippen LogP contribution in [0.1, 0.15) is 29.5 Å². The highest BCUT2D eigenvalue weighted by atomic mass is 16.5. The highest BCUT2D eigenvalue weighted by Gasteiger charge is 2.24. The van der Waals surface area contributed by atoms with Gasteiger partial charge in [-0.25, -0.2) is 0 Å². The van der Waals surface area contributed by atoms with Crippen LogP contribution in [-0.4, -0.2) is 6.61 Å². The molecule has 1 aliphatic carbocycles. The fraction of sp³-hybridized carbons (Fsp3) is 0.357. The van der Waals surface area contributed by atoms with Gasteiger partial charge in [-0.15, -0.1) is 0 Å². The van der Waals surface area contributed by atoms with Crippen molar-refractivity contribution >= 4 is 5.57 Å². The monoisotopic (exact) mass is 211 g/mol. The Hall–Kier alpha value is -1.75. The summed E-state index contributed by atoms with van der Waals surface area (Å²) in [6.45, 7) is 0.823. The van der Waals surface area contributed by atoms with Crippen LogP contribution in [0.5, 0.6) is 5.75 Å². The molecule has 80 valence electrons. The van der Waals surface area contributed by atoms with Gasteiger partial charge in [-0.3, -0.25) is 0 Å². The summed E-state index contributed by atoms with van der Waals surface area (Å²) in [4.78, 5) is 0. The number of hydrogen-bond acceptors (Lipinski definition) is 2. The van der Waals surface area contributed by atoms with E-state index in [0.29, 0.717) is 0 Å². The smallest absolute Gasteiger partial charge is 0.123 e. The number of nitriles is 1. The molecule has 0 atom stereocenters. The summed E-state index contributed by atoms with van der Waals surface area (Å²) >= 11 is 0. The Labute approximate surface area is 95.2 Å². The molecular weight excluding hydrogens is 198 g/mol. The van der Waals surface area contributed by atoms with E-state index in [4.69, 9.17) is 10.00 Å². The zero-order valence-electron chi connectivity index (χ0n) is 9.12. The van der Waals surface area contributed by atoms with Gasteiger partial charge in [-0.05, 0) is 48.4 Å². The highest BCUT2D eigenvalue weighted by molar-refractivity contribution is 5.78. The molecule has 0 saturated heterocycles. The lowest BCUT2D eigenvalue weighted by atomic mass is 9.94. The Morgan fingerprint density at radius 1 is 1.25 bits per heavy atom. The molecule has 0 radical (unpaired) electrons. The number of fused-ring (bicyclic) bond motifs is 3. The largest absolute Gasteiger partial charge is 0.493 e. The van der Waals surface area contributed by atoms with Crippen LogP contribution in [0.4, 0.5) is 0 Å². The van der Waals surface area contributed by atoms with Gasteiger partial charge in [0.1, 0.15) is 5.75 Å². The van der Waals surface area contributed by atoms with Gasteiger partial charge >= 0.3 is 0 Å². The predicted molar refractivity (Wildman–Crippen MR) is 62.2 cm³/mol. The molecule has 0 unspecified atom stereocenters. The van der Waals surface area contributed by atoms with Crippen molar-refractivity contribution in [3.63, 3.8) is 0 Å². The number of ether oxygens (including phenoxy) is 1. The molecule has 2 heteroatoms. The summed E-state index contributed by atoms with van der Waals surface area (Å²) in [5, 5.41) is 8.80. The first-order valence-corrected chi connectivity index (χ1v) is 5.77. The maximum absolute atomic E-state index is 8.80. The molecule has 0 bridgehead atoms. The average Bonchev–Trinajstić information content (AvgIpc) is 2.73. The molecule has 3 rings (SSSR count). The van der Waals surface area contributed by atoms with E-state index >= 15 is 0 Å². The normalized spacial score (nSPS) is 19.8. The van der Waals surface area contributed by atoms with Crippen LogP contribution in [0.25, 0.3) is 5.57 Å². The molecule has 1 heterocycles. The first-order valence-electron chi connectivity index (χ1n) is 5.77. The Balaban J connectivity index is 2.19. The van der Waals surface area contributed by atoms with Gasteiger partial charge in [0, 0.05) is 11.6 Å². The lowest BCUT2D eigenvalue weighted by molar-refractivity contribution is 0.288. The highest BCUT2D eigenvalue weighted by Crippen LogP contribution is 2.40. The van der Waals surface area contributed by atoms with E-state index in [1.807, 2.05) is 0 Å². The van der Waals surface area contributed by atoms with E-state index in [2.05, 4.69) is 18.2 Å². The fourth-order valence-corrected chi connectivity index (χ4v) is 2.72. The number of aryl methyl sites for hydroxylation is 1. The second-order valence-electron chi connectivity index (χ2n) is 4.33. The standard InChI is InChI=1S/C14H13NO/c15-8-7-11-4-3-10-5-6-13-12(14(10)11)2-1-9-16-13/h5-7H,1-4,9H2/b11-7+. The van der Waals surface area contributed by atoms with E-state index in [9.17, 15) is 0 Å². The second-order valence-corrected chi connectivity index (χ2v) is 4.33. The minimum atomic E-state index is 0.823. The molecule has 1 aromatic rings. The van der Waals surface area contributed by atoms with Gasteiger partial charge in [0.2, 0.25) is 0 Å². The Kier molecular flexibility index (Phi) is 2.18. The van der Waals surface area contributed by atoms with Crippen molar-refractivity contribution in [2.45, 2.75) is 25.7 Å². The molecule has 1 aliphatic heterocycles. The SMILES string of the molecule is N#C/C=C1\CCc2ccc3c(c21)CCCO3. The number of allylic oxidation sites excluding steroid dienone is 2. The number of rotatable bonds is 0. The summed E-state index contributed by atoms with van der Waals surface area (Å²) in [6, 6.07) is 6.39. The van der Waals surface area contributed by atoms with Gasteiger partial charge in [-0.2, -0.15) is 5.26 Å². The lowest BCUT2D eigenvalue weighted by Gasteiger charge is -2.20. The fourth-order valence-electron chi connectivity index (χ4n) is 2.72. The minimum Gasteiger partial charge on any atom is -0.493 e. The Morgan fingerprint density at radius 2 is 2.19 bits per heavy atom. The summed E-state index contributed by atoms with van der Waals surface area (Å²) in [5.74, 6) is 1.02. The van der Waals surface area contributed by atoms with Crippen LogP contribution in [0.3, 0.4) is 0 Å². The predicted octanol–water partition coefficient (Wildman–Crippen LogP) is 2.86. The van der Waals surface area contributed by atoms with Crippen molar-refractivity contribution in [3.8, 4) is 11.8 Å². The van der Waals surface area contributed by atoms with Gasteiger partial charge in [0.05, 0.1) is 12.7 Å². The lowest BCUT2D eigenvalue weighted by Crippen LogP contribution is -2.10. The maximum Gasteiger partial charge on any atom is 0.123 e. The molecule has 0 saturated carbocycles. The average molecular weight is 211 g/mol. The van der Waals surface area contributed by atoms with E-state index < -0.39 is 0 Å². The van der Waals surface area contributed by atoms with Crippen LogP contribution < -0.4 is 4.74 Å². The first kappa shape index (κ1) is 9.47. The van der Waals surface area contributed by atoms with Crippen molar-refractivity contribution < 1.29 is 4.74 Å². The van der Waals surface area contributed by atoms with Crippen LogP contribution in [0, 0.1) is 11.3 Å². The molecule has 0 spiro atoms. The van der Waals surface area contributed by atoms with Crippen molar-refractivity contribution in [1.82, 2.24) is 0 Å². The first-order chi connectivity index (χ1) is 7.90. The summed E-state index contributed by atoms with van der Waals surface area (Å²) in [7, 11) is 0. The van der Waals surface area contributed by atoms with E-state index in [-0.39, 0.29) is 0 Å². The van der Waals surface area contributed by atoms with Gasteiger partial charge < -0.3 is 4.74 Å². The molecule has 0 fully saturated rings. The van der Waals surface area contributed by atoms with Crippen LogP contribution in [0.15, 0.2) is 18.2 Å². The van der Waals surface area contributed by atoms with Crippen LogP contribution >= 0.6 is 0 Å². The molecule has 1 aromatic carbocycles. The summed E-state index contributed by atoms with van der Waals surface area (Å²) in [5.41, 5.74) is 5.20. The van der Waals surface area contributed by atoms with Gasteiger partial charge in [0.25, 0.3) is 0 Å². The molecular formula is C14H13NO. The van der Waals surface area contributed by atoms with E-state index in [1.54, 1.807) is 6.08 Å². The minimum absolute atomic E-state index is 0.823. The molecule has 0 N–H and O–H groups in total. The maximum atomic E-state index is 8.80. The van der Waals surface area contributed by atoms with Crippen molar-refractivity contribution in [1.29, 1.82) is 5.26 Å². The molecule has 2 nitrogen and oxygen atoms in total. The quantitative estimate of drug-likeness (QED) is 0.618. The third-order valence-corrected chi connectivity index (χ3v) is 3.41. The third-order valence-electron chi connectivity index (χ3n) is 3.41. The topological polar surface area (TPSA) is 33.0 Å². The summed E-state index contributed by atoms with van der Waals surface area (Å²) in [6.07, 6.45) is 5.93. The van der Waals surface area contributed by atoms with Crippen LogP contribution in [-0.2, 0) is 12.8 Å². The number of benzene rings is 1. The Morgan fingerprint density at radius 3 is 3.06 bits per heavy atom. The molecule has 0 amide bonds. The van der Waals surface area contributed by atoms with Crippen molar-refractivity contribution in [2.75, 3.05) is 6.61 Å². The van der Waals surface area contributed by atoms with E-state index in [0.717, 1.165) is 38.0 Å². The van der Waals surface area contributed by atoms with E-state index in [1.165, 1.54) is 22.3 Å². The summed E-state index contributed by atoms with van der Waals surface area (Å²) < 4.78 is 5.67. The zero-order valence-corrected chi connectivity index (χ0v) is 9.12. The van der Waals surface area contributed by atoms with Crippen LogP contribution in [0.2, 0.25) is 0 Å². The third kappa shape index (κ3) is 1.32. The van der Waals surface area contributed by atoms with Gasteiger partial charge in [0.15, 0.2) is 0 Å². The number of nitrogens with zero attached hydrogens (tertiary/aromatic N) is 1. The van der Waals surface area contributed by atoms with Gasteiger partial charge in [-0.1, -0.05) is 6.07 Å². The number of hydrogen-bond donors (Lipinski definition) is 0. The second kappa shape index (κ2) is 3.68. The zero-order chi connectivity index (χ0) is 11.0. The van der Waals surface area contributed by atoms with Crippen molar-refractivity contribution in [2.24, 2.45) is 0 Å². The molecule has 0 aromatic heterocycles. The van der Waals surface area contributed by atoms with Crippen molar-refractivity contribution in [3.05, 3.63) is 34.9 Å².